The second-order valence-corrected chi connectivity index (χ2v) is 15.5. The van der Waals surface area contributed by atoms with Crippen LogP contribution in [0.4, 0.5) is 0 Å². The molecule has 2 unspecified atom stereocenters. The molecular weight excluding hydrogens is 616 g/mol. The third-order valence-corrected chi connectivity index (χ3v) is 10.9. The van der Waals surface area contributed by atoms with Gasteiger partial charge in [0.1, 0.15) is 34.2 Å². The fourth-order valence-corrected chi connectivity index (χ4v) is 8.34. The van der Waals surface area contributed by atoms with Crippen LogP contribution in [0.25, 0.3) is 6.08 Å². The van der Waals surface area contributed by atoms with Crippen molar-refractivity contribution in [2.24, 2.45) is 11.8 Å². The summed E-state index contributed by atoms with van der Waals surface area (Å²) in [5.41, 5.74) is -4.63. The van der Waals surface area contributed by atoms with Crippen LogP contribution in [0.5, 0.6) is 17.2 Å². The number of phenolic OH excluding ortho intramolecular Hbond substituents is 1. The van der Waals surface area contributed by atoms with Crippen molar-refractivity contribution in [3.8, 4) is 17.2 Å². The molecule has 0 aromatic heterocycles. The second-order valence-electron chi connectivity index (χ2n) is 15.5. The third kappa shape index (κ3) is 4.90. The minimum absolute atomic E-state index is 0.00711. The van der Waals surface area contributed by atoms with Crippen molar-refractivity contribution in [2.75, 3.05) is 0 Å². The lowest BCUT2D eigenvalue weighted by Gasteiger charge is -2.56. The number of Topliss-reactive ketones (excluding diaryl/α,β-unsaturated/α-hetero) is 2. The minimum Gasteiger partial charge on any atom is -0.506 e. The molecule has 1 spiro atoms. The fourth-order valence-electron chi connectivity index (χ4n) is 8.34. The lowest BCUT2D eigenvalue weighted by molar-refractivity contribution is -0.171. The van der Waals surface area contributed by atoms with Gasteiger partial charge in [0.2, 0.25) is 0 Å². The molecule has 0 amide bonds. The number of allylic oxidation sites excluding steroid dienone is 4. The van der Waals surface area contributed by atoms with Crippen molar-refractivity contribution < 1.29 is 48.7 Å². The van der Waals surface area contributed by atoms with Crippen molar-refractivity contribution in [3.63, 3.8) is 0 Å². The van der Waals surface area contributed by atoms with Crippen molar-refractivity contribution in [1.82, 2.24) is 0 Å². The molecule has 10 heteroatoms. The maximum absolute atomic E-state index is 14.8. The van der Waals surface area contributed by atoms with E-state index in [1.807, 2.05) is 40.7 Å². The first-order valence-corrected chi connectivity index (χ1v) is 16.6. The zero-order chi connectivity index (χ0) is 35.2. The Balaban J connectivity index is 1.59. The molecule has 2 fully saturated rings. The van der Waals surface area contributed by atoms with E-state index >= 15 is 0 Å². The number of phenols is 1. The lowest BCUT2D eigenvalue weighted by atomic mass is 9.51. The van der Waals surface area contributed by atoms with Crippen LogP contribution in [-0.2, 0) is 25.5 Å². The van der Waals surface area contributed by atoms with Gasteiger partial charge in [-0.15, -0.1) is 0 Å². The van der Waals surface area contributed by atoms with Gasteiger partial charge in [-0.05, 0) is 92.9 Å². The molecule has 48 heavy (non-hydrogen) atoms. The van der Waals surface area contributed by atoms with Gasteiger partial charge in [0.25, 0.3) is 6.47 Å². The zero-order valence-electron chi connectivity index (χ0n) is 28.9. The monoisotopic (exact) mass is 662 g/mol. The molecule has 1 saturated carbocycles. The summed E-state index contributed by atoms with van der Waals surface area (Å²) in [4.78, 5) is 40.2. The molecule has 0 radical (unpaired) electrons. The van der Waals surface area contributed by atoms with Crippen molar-refractivity contribution in [2.45, 2.75) is 122 Å². The van der Waals surface area contributed by atoms with Crippen molar-refractivity contribution >= 4 is 24.1 Å². The highest BCUT2D eigenvalue weighted by Crippen LogP contribution is 2.68. The minimum atomic E-state index is -1.66. The van der Waals surface area contributed by atoms with Gasteiger partial charge in [0, 0.05) is 35.8 Å². The highest BCUT2D eigenvalue weighted by atomic mass is 16.6. The number of ether oxygens (including phenoxy) is 4. The summed E-state index contributed by atoms with van der Waals surface area (Å²) in [5.74, 6) is -1.65. The Labute approximate surface area is 281 Å². The Bertz CT molecular complexity index is 1720. The van der Waals surface area contributed by atoms with Gasteiger partial charge in [0.05, 0.1) is 22.9 Å². The number of hydrogen-bond acceptors (Lipinski definition) is 10. The summed E-state index contributed by atoms with van der Waals surface area (Å²) in [5, 5.41) is 33.9. The molecule has 3 aliphatic heterocycles. The molecule has 258 valence electrons. The first-order chi connectivity index (χ1) is 22.3. The summed E-state index contributed by atoms with van der Waals surface area (Å²) in [7, 11) is 0. The molecule has 1 aromatic carbocycles. The van der Waals surface area contributed by atoms with Crippen LogP contribution in [0, 0.1) is 11.8 Å². The molecule has 6 atom stereocenters. The van der Waals surface area contributed by atoms with Gasteiger partial charge in [-0.25, -0.2) is 0 Å². The average Bonchev–Trinajstić information content (AvgIpc) is 3.14. The highest BCUT2D eigenvalue weighted by molar-refractivity contribution is 6.19. The van der Waals surface area contributed by atoms with E-state index in [4.69, 9.17) is 18.9 Å². The van der Waals surface area contributed by atoms with E-state index in [-0.39, 0.29) is 58.3 Å². The Morgan fingerprint density at radius 1 is 1.12 bits per heavy atom. The molecule has 10 nitrogen and oxygen atoms in total. The smallest absolute Gasteiger partial charge is 0.298 e. The Morgan fingerprint density at radius 2 is 1.83 bits per heavy atom. The van der Waals surface area contributed by atoms with Crippen LogP contribution in [0.2, 0.25) is 0 Å². The number of carbonyl (C=O) groups is 3. The molecule has 7 rings (SSSR count). The molecule has 3 aliphatic carbocycles. The summed E-state index contributed by atoms with van der Waals surface area (Å²) in [6, 6.07) is 0. The number of aliphatic hydroxyl groups excluding tert-OH is 1. The number of carbonyl (C=O) groups excluding carboxylic acids is 3. The average molecular weight is 663 g/mol. The number of aromatic hydroxyl groups is 1. The van der Waals surface area contributed by atoms with E-state index < -0.39 is 51.7 Å². The molecule has 1 saturated heterocycles. The van der Waals surface area contributed by atoms with E-state index in [1.165, 1.54) is 19.4 Å². The van der Waals surface area contributed by atoms with E-state index in [9.17, 15) is 29.7 Å². The number of fused-ring (bicyclic) bond motifs is 2. The molecule has 3 heterocycles. The summed E-state index contributed by atoms with van der Waals surface area (Å²) in [6.07, 6.45) is 9.12. The van der Waals surface area contributed by atoms with E-state index in [2.05, 4.69) is 6.08 Å². The standard InChI is InChI=1S/C38H46O10/c1-20(2)10-9-13-36(8)14-12-23-29(41)28-30(42)25-16-22-17-26-35(6,7)48-37(33(22)43,15-11-21(3)45-19-39)38(25,26)47-32(28)24(31(23)46-36)18-27(40)34(4,5)44/h10-12,14,16,19,22,26-27,40-41,44H,9,13,15,17-18H2,1-8H3/b21-11-/t22-,26?,27?,36-,37-,38-/m1/s1. The van der Waals surface area contributed by atoms with Crippen LogP contribution < -0.4 is 9.47 Å². The largest absolute Gasteiger partial charge is 0.506 e. The van der Waals surface area contributed by atoms with Crippen LogP contribution in [0.3, 0.4) is 0 Å². The number of benzene rings is 1. The SMILES string of the molecule is CC(C)=CCC[C@]1(C)C=Cc2c(O)c3c(c(CC(O)C(C)(C)O)c2O1)O[C@]12C(=C[C@@H]4CC1C(C)(C)O[C@]2(C/C=C(/C)OC=O)C4=O)C3=O. The van der Waals surface area contributed by atoms with Crippen LogP contribution >= 0.6 is 0 Å². The van der Waals surface area contributed by atoms with Crippen LogP contribution in [0.1, 0.15) is 103 Å². The van der Waals surface area contributed by atoms with Gasteiger partial charge in [-0.2, -0.15) is 0 Å². The highest BCUT2D eigenvalue weighted by Gasteiger charge is 2.81. The summed E-state index contributed by atoms with van der Waals surface area (Å²) >= 11 is 0. The number of ketones is 2. The third-order valence-electron chi connectivity index (χ3n) is 10.9. The summed E-state index contributed by atoms with van der Waals surface area (Å²) < 4.78 is 25.5. The molecule has 1 aromatic rings. The van der Waals surface area contributed by atoms with E-state index in [0.29, 0.717) is 24.9 Å². The topological polar surface area (TPSA) is 149 Å². The quantitative estimate of drug-likeness (QED) is 0.168. The predicted molar refractivity (Wildman–Crippen MR) is 177 cm³/mol. The molecule has 6 aliphatic rings. The number of hydrogen-bond donors (Lipinski definition) is 3. The van der Waals surface area contributed by atoms with E-state index in [0.717, 1.165) is 6.42 Å². The lowest BCUT2D eigenvalue weighted by Crippen LogP contribution is -2.72. The van der Waals surface area contributed by atoms with Crippen molar-refractivity contribution in [3.05, 3.63) is 57.9 Å². The fraction of sp³-hybridized carbons (Fsp3) is 0.553. The predicted octanol–water partition coefficient (Wildman–Crippen LogP) is 5.45. The zero-order valence-corrected chi connectivity index (χ0v) is 28.9. The Kier molecular flexibility index (Phi) is 7.93. The number of aliphatic hydroxyl groups is 2. The molecule has 3 N–H and O–H groups in total. The first-order valence-electron chi connectivity index (χ1n) is 16.6. The molecular formula is C38H46O10. The van der Waals surface area contributed by atoms with Gasteiger partial charge >= 0.3 is 0 Å². The van der Waals surface area contributed by atoms with Gasteiger partial charge < -0.3 is 34.3 Å². The second kappa shape index (κ2) is 11.1. The first kappa shape index (κ1) is 34.1. The Morgan fingerprint density at radius 3 is 2.48 bits per heavy atom. The molecule has 4 bridgehead atoms. The van der Waals surface area contributed by atoms with Crippen molar-refractivity contribution in [1.29, 1.82) is 0 Å². The normalized spacial score (nSPS) is 31.5. The van der Waals surface area contributed by atoms with Crippen LogP contribution in [-0.4, -0.2) is 67.5 Å². The maximum Gasteiger partial charge on any atom is 0.298 e. The van der Waals surface area contributed by atoms with Gasteiger partial charge in [-0.3, -0.25) is 14.4 Å². The van der Waals surface area contributed by atoms with E-state index in [1.54, 1.807) is 25.2 Å². The van der Waals surface area contributed by atoms with Gasteiger partial charge in [0.15, 0.2) is 22.8 Å². The summed E-state index contributed by atoms with van der Waals surface area (Å²) in [6.45, 7) is 14.6. The van der Waals surface area contributed by atoms with Crippen LogP contribution in [0.15, 0.2) is 41.2 Å². The number of rotatable bonds is 10. The maximum atomic E-state index is 14.8. The Hall–Kier alpha value is -3.73. The van der Waals surface area contributed by atoms with Gasteiger partial charge in [-0.1, -0.05) is 17.7 Å².